The Morgan fingerprint density at radius 2 is 1.88 bits per heavy atom. The zero-order valence-corrected chi connectivity index (χ0v) is 14.4. The Kier molecular flexibility index (Phi) is 4.52. The first kappa shape index (κ1) is 17.0. The van der Waals surface area contributed by atoms with Crippen LogP contribution in [0.2, 0.25) is 0 Å². The normalized spacial score (nSPS) is 30.9. The number of benzene rings is 1. The van der Waals surface area contributed by atoms with Gasteiger partial charge in [-0.05, 0) is 44.2 Å². The molecule has 136 valence electrons. The highest BCUT2D eigenvalue weighted by atomic mass is 19.1. The van der Waals surface area contributed by atoms with Gasteiger partial charge >= 0.3 is 0 Å². The molecule has 1 heterocycles. The third kappa shape index (κ3) is 3.43. The summed E-state index contributed by atoms with van der Waals surface area (Å²) in [5.74, 6) is -1.80. The lowest BCUT2D eigenvalue weighted by molar-refractivity contribution is -0.129. The summed E-state index contributed by atoms with van der Waals surface area (Å²) in [4.78, 5) is 12.6. The minimum absolute atomic E-state index is 0.0605. The predicted octanol–water partition coefficient (Wildman–Crippen LogP) is 4.07. The zero-order chi connectivity index (χ0) is 17.4. The molecular weight excluding hydrogens is 324 g/mol. The van der Waals surface area contributed by atoms with Gasteiger partial charge in [-0.1, -0.05) is 25.3 Å². The topological polar surface area (TPSA) is 38.3 Å². The van der Waals surface area contributed by atoms with Crippen molar-refractivity contribution in [3.05, 3.63) is 35.4 Å². The quantitative estimate of drug-likeness (QED) is 0.893. The average molecular weight is 349 g/mol. The largest absolute Gasteiger partial charge is 0.375 e. The molecule has 0 radical (unpaired) electrons. The van der Waals surface area contributed by atoms with E-state index in [0.29, 0.717) is 13.0 Å². The molecule has 3 aliphatic rings. The molecule has 1 amide bonds. The molecule has 4 rings (SSSR count). The molecule has 1 aliphatic heterocycles. The molecule has 2 aliphatic carbocycles. The van der Waals surface area contributed by atoms with Gasteiger partial charge in [-0.15, -0.1) is 0 Å². The van der Waals surface area contributed by atoms with Crippen LogP contribution in [0.5, 0.6) is 0 Å². The van der Waals surface area contributed by atoms with Gasteiger partial charge < -0.3 is 10.1 Å². The van der Waals surface area contributed by atoms with Crippen LogP contribution >= 0.6 is 0 Å². The van der Waals surface area contributed by atoms with Crippen LogP contribution in [0.15, 0.2) is 18.2 Å². The van der Waals surface area contributed by atoms with Crippen molar-refractivity contribution in [3.63, 3.8) is 0 Å². The van der Waals surface area contributed by atoms with Crippen molar-refractivity contribution in [2.45, 2.75) is 68.9 Å². The van der Waals surface area contributed by atoms with E-state index in [1.165, 1.54) is 37.5 Å². The lowest BCUT2D eigenvalue weighted by Gasteiger charge is -2.43. The van der Waals surface area contributed by atoms with Crippen LogP contribution in [0.3, 0.4) is 0 Å². The highest BCUT2D eigenvalue weighted by molar-refractivity contribution is 5.83. The minimum Gasteiger partial charge on any atom is -0.375 e. The monoisotopic (exact) mass is 349 g/mol. The lowest BCUT2D eigenvalue weighted by atomic mass is 9.78. The molecule has 3 atom stereocenters. The highest BCUT2D eigenvalue weighted by Gasteiger charge is 2.48. The number of rotatable bonds is 3. The number of hydrogen-bond donors (Lipinski definition) is 1. The van der Waals surface area contributed by atoms with E-state index in [1.54, 1.807) is 0 Å². The molecular formula is C20H25F2NO2. The van der Waals surface area contributed by atoms with Crippen LogP contribution in [0.25, 0.3) is 0 Å². The second kappa shape index (κ2) is 6.67. The van der Waals surface area contributed by atoms with E-state index in [9.17, 15) is 13.6 Å². The van der Waals surface area contributed by atoms with Gasteiger partial charge in [0, 0.05) is 30.0 Å². The molecule has 1 saturated heterocycles. The summed E-state index contributed by atoms with van der Waals surface area (Å²) in [6, 6.07) is 4.00. The van der Waals surface area contributed by atoms with Gasteiger partial charge in [0.25, 0.3) is 0 Å². The molecule has 0 bridgehead atoms. The summed E-state index contributed by atoms with van der Waals surface area (Å²) in [6.07, 6.45) is 8.01. The van der Waals surface area contributed by atoms with E-state index in [4.69, 9.17) is 4.74 Å². The maximum Gasteiger partial charge on any atom is 0.223 e. The second-order valence-corrected chi connectivity index (χ2v) is 7.87. The first-order chi connectivity index (χ1) is 12.1. The Labute approximate surface area is 147 Å². The second-order valence-electron chi connectivity index (χ2n) is 7.87. The van der Waals surface area contributed by atoms with Gasteiger partial charge in [-0.25, -0.2) is 8.78 Å². The lowest BCUT2D eigenvalue weighted by Crippen LogP contribution is -2.49. The van der Waals surface area contributed by atoms with Crippen LogP contribution in [-0.4, -0.2) is 24.2 Å². The molecule has 1 N–H and O–H groups in total. The average Bonchev–Trinajstić information content (AvgIpc) is 3.36. The van der Waals surface area contributed by atoms with Gasteiger partial charge in [-0.3, -0.25) is 4.79 Å². The van der Waals surface area contributed by atoms with Gasteiger partial charge in [0.15, 0.2) is 0 Å². The molecule has 3 nitrogen and oxygen atoms in total. The van der Waals surface area contributed by atoms with Crippen LogP contribution in [-0.2, 0) is 9.53 Å². The van der Waals surface area contributed by atoms with E-state index in [0.717, 1.165) is 25.7 Å². The Hall–Kier alpha value is -1.49. The van der Waals surface area contributed by atoms with Crippen LogP contribution in [0.4, 0.5) is 8.78 Å². The van der Waals surface area contributed by atoms with Crippen molar-refractivity contribution >= 4 is 5.91 Å². The Bertz CT molecular complexity index is 631. The third-order valence-electron chi connectivity index (χ3n) is 6.10. The summed E-state index contributed by atoms with van der Waals surface area (Å²) < 4.78 is 33.8. The van der Waals surface area contributed by atoms with Gasteiger partial charge in [0.2, 0.25) is 5.91 Å². The summed E-state index contributed by atoms with van der Waals surface area (Å²) in [5.41, 5.74) is 0.00747. The molecule has 3 unspecified atom stereocenters. The number of nitrogens with one attached hydrogen (secondary N) is 1. The first-order valence-corrected chi connectivity index (χ1v) is 9.46. The third-order valence-corrected chi connectivity index (χ3v) is 6.10. The summed E-state index contributed by atoms with van der Waals surface area (Å²) in [5, 5.41) is 3.13. The van der Waals surface area contributed by atoms with E-state index >= 15 is 0 Å². The van der Waals surface area contributed by atoms with Crippen molar-refractivity contribution in [2.75, 3.05) is 6.61 Å². The Morgan fingerprint density at radius 1 is 1.16 bits per heavy atom. The molecule has 2 saturated carbocycles. The maximum atomic E-state index is 13.9. The van der Waals surface area contributed by atoms with Gasteiger partial charge in [-0.2, -0.15) is 0 Å². The van der Waals surface area contributed by atoms with E-state index in [2.05, 4.69) is 5.32 Å². The number of ether oxygens (including phenoxy) is 1. The van der Waals surface area contributed by atoms with Crippen LogP contribution in [0.1, 0.15) is 62.8 Å². The number of amides is 1. The van der Waals surface area contributed by atoms with Crippen molar-refractivity contribution < 1.29 is 18.3 Å². The van der Waals surface area contributed by atoms with Crippen molar-refractivity contribution in [1.29, 1.82) is 0 Å². The van der Waals surface area contributed by atoms with E-state index in [-0.39, 0.29) is 34.9 Å². The fraction of sp³-hybridized carbons (Fsp3) is 0.650. The molecule has 5 heteroatoms. The maximum absolute atomic E-state index is 13.9. The Balaban J connectivity index is 1.37. The first-order valence-electron chi connectivity index (χ1n) is 9.46. The van der Waals surface area contributed by atoms with Gasteiger partial charge in [0.05, 0.1) is 5.60 Å². The predicted molar refractivity (Wildman–Crippen MR) is 90.1 cm³/mol. The molecule has 1 aromatic rings. The summed E-state index contributed by atoms with van der Waals surface area (Å²) in [7, 11) is 0. The van der Waals surface area contributed by atoms with Crippen molar-refractivity contribution in [3.8, 4) is 0 Å². The highest BCUT2D eigenvalue weighted by Crippen LogP contribution is 2.49. The van der Waals surface area contributed by atoms with Crippen LogP contribution in [0, 0.1) is 17.6 Å². The van der Waals surface area contributed by atoms with Gasteiger partial charge in [0.1, 0.15) is 11.6 Å². The van der Waals surface area contributed by atoms with Crippen molar-refractivity contribution in [2.24, 2.45) is 5.92 Å². The molecule has 25 heavy (non-hydrogen) atoms. The number of hydrogen-bond acceptors (Lipinski definition) is 2. The smallest absolute Gasteiger partial charge is 0.223 e. The molecule has 3 fully saturated rings. The number of carbonyl (C=O) groups excluding carboxylic acids is 1. The zero-order valence-electron chi connectivity index (χ0n) is 14.4. The molecule has 1 aromatic carbocycles. The minimum atomic E-state index is -0.549. The van der Waals surface area contributed by atoms with E-state index < -0.39 is 11.6 Å². The molecule has 0 aromatic heterocycles. The number of halogens is 2. The SMILES string of the molecule is O=C(NC1CCOC2(CCCCC2)C1)C1CC1c1c(F)cccc1F. The molecule has 1 spiro atoms. The van der Waals surface area contributed by atoms with Crippen LogP contribution < -0.4 is 5.32 Å². The Morgan fingerprint density at radius 3 is 2.60 bits per heavy atom. The fourth-order valence-corrected chi connectivity index (χ4v) is 4.67. The summed E-state index contributed by atoms with van der Waals surface area (Å²) >= 11 is 0. The summed E-state index contributed by atoms with van der Waals surface area (Å²) in [6.45, 7) is 0.682. The fourth-order valence-electron chi connectivity index (χ4n) is 4.67. The van der Waals surface area contributed by atoms with E-state index in [1.807, 2.05) is 0 Å². The van der Waals surface area contributed by atoms with Crippen molar-refractivity contribution in [1.82, 2.24) is 5.32 Å². The standard InChI is InChI=1S/C20H25F2NO2/c21-16-5-4-6-17(22)18(16)14-11-15(14)19(24)23-13-7-10-25-20(12-13)8-2-1-3-9-20/h4-6,13-15H,1-3,7-12H2,(H,23,24). The number of carbonyl (C=O) groups is 1.